The molecule has 0 radical (unpaired) electrons. The zero-order valence-corrected chi connectivity index (χ0v) is 29.6. The lowest BCUT2D eigenvalue weighted by atomic mass is 10.0. The molecule has 0 spiro atoms. The van der Waals surface area contributed by atoms with Gasteiger partial charge in [-0.05, 0) is 59.3 Å². The number of nitrogens with two attached hydrogens (primary N) is 1. The van der Waals surface area contributed by atoms with E-state index in [4.69, 9.17) is 19.9 Å². The number of carbonyl (C=O) groups excluding carboxylic acids is 2. The van der Waals surface area contributed by atoms with Crippen LogP contribution in [0.15, 0.2) is 12.7 Å². The molecule has 2 rings (SSSR count). The zero-order valence-electron chi connectivity index (χ0n) is 28.7. The summed E-state index contributed by atoms with van der Waals surface area (Å²) in [7, 11) is -3.79. The van der Waals surface area contributed by atoms with Crippen LogP contribution in [0.5, 0.6) is 0 Å². The molecule has 1 atom stereocenters. The fourth-order valence-electron chi connectivity index (χ4n) is 5.07. The molecule has 0 unspecified atom stereocenters. The third-order valence-electron chi connectivity index (χ3n) is 8.19. The number of aromatic nitrogens is 4. The standard InChI is InChI=1S/C31H56N7O6P/c1-10-23(11-2)14-16-42-28(39)30(6,7)36-45(41,37-31(8,9)29(40)43-17-15-24(12-3)13-4)21-44-22(5)18-38-20-35-25-26(32)33-19-34-27(25)38/h19-20,22-24H,10-18,21H2,1-9H3,(H2,32,33,34)(H2,36,37,41)/t22-/m1/s1. The van der Waals surface area contributed by atoms with E-state index in [0.29, 0.717) is 29.5 Å². The topological polar surface area (TPSA) is 173 Å². The Bertz CT molecular complexity index is 1230. The van der Waals surface area contributed by atoms with E-state index in [9.17, 15) is 14.2 Å². The van der Waals surface area contributed by atoms with Crippen molar-refractivity contribution in [2.75, 3.05) is 25.3 Å². The first kappa shape index (κ1) is 38.6. The van der Waals surface area contributed by atoms with Crippen LogP contribution in [0.1, 0.15) is 101 Å². The molecule has 0 aromatic carbocycles. The molecule has 0 aliphatic carbocycles. The average Bonchev–Trinajstić information content (AvgIpc) is 3.39. The number of imidazole rings is 1. The van der Waals surface area contributed by atoms with Crippen LogP contribution >= 0.6 is 7.44 Å². The van der Waals surface area contributed by atoms with Gasteiger partial charge in [0, 0.05) is 0 Å². The van der Waals surface area contributed by atoms with Crippen molar-refractivity contribution >= 4 is 36.4 Å². The highest BCUT2D eigenvalue weighted by Gasteiger charge is 2.43. The van der Waals surface area contributed by atoms with Gasteiger partial charge in [0.1, 0.15) is 29.3 Å². The summed E-state index contributed by atoms with van der Waals surface area (Å²) in [5.41, 5.74) is 4.23. The Morgan fingerprint density at radius 2 is 1.38 bits per heavy atom. The van der Waals surface area contributed by atoms with E-state index < -0.39 is 36.6 Å². The molecule has 4 N–H and O–H groups in total. The highest BCUT2D eigenvalue weighted by molar-refractivity contribution is 7.59. The zero-order chi connectivity index (χ0) is 33.8. The van der Waals surface area contributed by atoms with Crippen molar-refractivity contribution in [1.29, 1.82) is 0 Å². The monoisotopic (exact) mass is 653 g/mol. The summed E-state index contributed by atoms with van der Waals surface area (Å²) >= 11 is 0. The number of nitrogens with zero attached hydrogens (tertiary/aromatic N) is 4. The summed E-state index contributed by atoms with van der Waals surface area (Å²) in [6.45, 7) is 17.5. The number of fused-ring (bicyclic) bond motifs is 1. The second kappa shape index (κ2) is 17.4. The summed E-state index contributed by atoms with van der Waals surface area (Å²) in [4.78, 5) is 38.8. The SMILES string of the molecule is CCC(CC)CCOC(=O)C(C)(C)NP(=O)(CO[C@H](C)Cn1cnc2c(N)ncnc21)NC(C)(C)C(=O)OCCC(CC)CC. The van der Waals surface area contributed by atoms with Gasteiger partial charge in [0.05, 0.1) is 32.2 Å². The number of ether oxygens (including phenoxy) is 3. The molecule has 0 amide bonds. The molecule has 0 aliphatic rings. The summed E-state index contributed by atoms with van der Waals surface area (Å²) < 4.78 is 33.6. The minimum Gasteiger partial charge on any atom is -0.464 e. The van der Waals surface area contributed by atoms with Gasteiger partial charge < -0.3 is 24.5 Å². The number of rotatable bonds is 21. The summed E-state index contributed by atoms with van der Waals surface area (Å²) in [6.07, 6.45) is 7.68. The highest BCUT2D eigenvalue weighted by Crippen LogP contribution is 2.42. The average molecular weight is 654 g/mol. The number of nitrogen functional groups attached to an aromatic ring is 1. The normalized spacial score (nSPS) is 13.5. The minimum atomic E-state index is -3.79. The predicted molar refractivity (Wildman–Crippen MR) is 176 cm³/mol. The Kier molecular flexibility index (Phi) is 14.9. The molecular formula is C31H56N7O6P. The summed E-state index contributed by atoms with van der Waals surface area (Å²) in [6, 6.07) is 0. The summed E-state index contributed by atoms with van der Waals surface area (Å²) in [5, 5.41) is 5.94. The molecule has 0 saturated carbocycles. The van der Waals surface area contributed by atoms with E-state index in [1.165, 1.54) is 6.33 Å². The van der Waals surface area contributed by atoms with Gasteiger partial charge in [-0.15, -0.1) is 0 Å². The van der Waals surface area contributed by atoms with Gasteiger partial charge in [-0.1, -0.05) is 53.4 Å². The molecule has 0 bridgehead atoms. The molecule has 2 aromatic rings. The van der Waals surface area contributed by atoms with Crippen LogP contribution in [0, 0.1) is 11.8 Å². The Labute approximate surface area is 268 Å². The van der Waals surface area contributed by atoms with Crippen LogP contribution in [0.4, 0.5) is 5.82 Å². The third-order valence-corrected chi connectivity index (χ3v) is 10.5. The van der Waals surface area contributed by atoms with E-state index in [1.54, 1.807) is 38.6 Å². The first-order chi connectivity index (χ1) is 21.1. The van der Waals surface area contributed by atoms with Crippen LogP contribution in [0.3, 0.4) is 0 Å². The van der Waals surface area contributed by atoms with Crippen molar-refractivity contribution in [3.05, 3.63) is 12.7 Å². The van der Waals surface area contributed by atoms with Crippen LogP contribution in [0.2, 0.25) is 0 Å². The number of esters is 2. The van der Waals surface area contributed by atoms with E-state index in [-0.39, 0.29) is 25.4 Å². The second-order valence-corrected chi connectivity index (χ2v) is 15.0. The molecular weight excluding hydrogens is 597 g/mol. The Hall–Kier alpha value is -2.60. The number of hydrogen-bond donors (Lipinski definition) is 3. The van der Waals surface area contributed by atoms with E-state index in [1.807, 2.05) is 6.92 Å². The maximum atomic E-state index is 14.5. The van der Waals surface area contributed by atoms with E-state index in [0.717, 1.165) is 38.5 Å². The molecule has 0 aliphatic heterocycles. The Morgan fingerprint density at radius 1 is 0.889 bits per heavy atom. The third kappa shape index (κ3) is 11.6. The second-order valence-electron chi connectivity index (χ2n) is 12.9. The van der Waals surface area contributed by atoms with Crippen LogP contribution < -0.4 is 15.9 Å². The minimum absolute atomic E-state index is 0.267. The lowest BCUT2D eigenvalue weighted by Gasteiger charge is -2.35. The fraction of sp³-hybridized carbons (Fsp3) is 0.774. The van der Waals surface area contributed by atoms with Crippen molar-refractivity contribution in [1.82, 2.24) is 29.7 Å². The molecule has 45 heavy (non-hydrogen) atoms. The number of nitrogens with one attached hydrogen (secondary N) is 2. The van der Waals surface area contributed by atoms with Gasteiger partial charge in [-0.2, -0.15) is 0 Å². The quantitative estimate of drug-likeness (QED) is 0.115. The number of carbonyl (C=O) groups is 2. The highest BCUT2D eigenvalue weighted by atomic mass is 31.2. The van der Waals surface area contributed by atoms with Crippen LogP contribution in [0.25, 0.3) is 11.2 Å². The van der Waals surface area contributed by atoms with Gasteiger partial charge in [-0.3, -0.25) is 14.2 Å². The van der Waals surface area contributed by atoms with Crippen molar-refractivity contribution in [3.63, 3.8) is 0 Å². The fourth-order valence-corrected chi connectivity index (χ4v) is 7.71. The predicted octanol–water partition coefficient (Wildman–Crippen LogP) is 5.44. The first-order valence-corrected chi connectivity index (χ1v) is 18.1. The van der Waals surface area contributed by atoms with Gasteiger partial charge in [-0.25, -0.2) is 25.1 Å². The van der Waals surface area contributed by atoms with Gasteiger partial charge >= 0.3 is 11.9 Å². The molecule has 256 valence electrons. The van der Waals surface area contributed by atoms with Crippen molar-refractivity contribution in [2.24, 2.45) is 11.8 Å². The number of hydrogen-bond acceptors (Lipinski definition) is 10. The lowest BCUT2D eigenvalue weighted by Crippen LogP contribution is -2.54. The molecule has 0 fully saturated rings. The van der Waals surface area contributed by atoms with Crippen molar-refractivity contribution in [3.8, 4) is 0 Å². The van der Waals surface area contributed by atoms with Gasteiger partial charge in [0.15, 0.2) is 11.5 Å². The maximum absolute atomic E-state index is 14.5. The summed E-state index contributed by atoms with van der Waals surface area (Å²) in [5.74, 6) is 0.105. The first-order valence-electron chi connectivity index (χ1n) is 16.2. The van der Waals surface area contributed by atoms with Gasteiger partial charge in [0.25, 0.3) is 0 Å². The Balaban J connectivity index is 2.19. The van der Waals surface area contributed by atoms with Crippen molar-refractivity contribution < 1.29 is 28.4 Å². The molecule has 2 aromatic heterocycles. The lowest BCUT2D eigenvalue weighted by molar-refractivity contribution is -0.150. The van der Waals surface area contributed by atoms with Crippen LogP contribution in [-0.2, 0) is 34.9 Å². The van der Waals surface area contributed by atoms with E-state index >= 15 is 0 Å². The largest absolute Gasteiger partial charge is 0.464 e. The molecule has 0 saturated heterocycles. The molecule has 2 heterocycles. The van der Waals surface area contributed by atoms with E-state index in [2.05, 4.69) is 52.8 Å². The number of anilines is 1. The smallest absolute Gasteiger partial charge is 0.326 e. The van der Waals surface area contributed by atoms with Gasteiger partial charge in [0.2, 0.25) is 7.44 Å². The molecule has 13 nitrogen and oxygen atoms in total. The Morgan fingerprint density at radius 3 is 1.84 bits per heavy atom. The van der Waals surface area contributed by atoms with Crippen LogP contribution in [-0.4, -0.2) is 68.2 Å². The molecule has 14 heteroatoms. The van der Waals surface area contributed by atoms with Crippen molar-refractivity contribution in [2.45, 2.75) is 125 Å². The maximum Gasteiger partial charge on any atom is 0.326 e.